The van der Waals surface area contributed by atoms with Crippen LogP contribution in [0.15, 0.2) is 60.9 Å². The molecule has 0 radical (unpaired) electrons. The van der Waals surface area contributed by atoms with Crippen LogP contribution in [0, 0.1) is 0 Å². The van der Waals surface area contributed by atoms with Crippen molar-refractivity contribution in [3.8, 4) is 22.9 Å². The first-order chi connectivity index (χ1) is 14.7. The van der Waals surface area contributed by atoms with Crippen molar-refractivity contribution in [2.45, 2.75) is 5.37 Å². The van der Waals surface area contributed by atoms with Crippen LogP contribution >= 0.6 is 11.8 Å². The lowest BCUT2D eigenvalue weighted by Crippen LogP contribution is -2.30. The summed E-state index contributed by atoms with van der Waals surface area (Å²) in [4.78, 5) is 15.2. The van der Waals surface area contributed by atoms with Gasteiger partial charge in [0.25, 0.3) is 5.91 Å². The molecular weight excluding hydrogens is 400 g/mol. The normalized spacial score (nSPS) is 15.8. The first-order valence-corrected chi connectivity index (χ1v) is 10.7. The topological polar surface area (TPSA) is 52.9 Å². The van der Waals surface area contributed by atoms with Crippen molar-refractivity contribution < 1.29 is 19.0 Å². The molecule has 2 aromatic carbocycles. The van der Waals surface area contributed by atoms with Gasteiger partial charge >= 0.3 is 0 Å². The van der Waals surface area contributed by atoms with Crippen molar-refractivity contribution in [3.05, 3.63) is 72.1 Å². The number of nitrogens with zero attached hydrogens (tertiary/aromatic N) is 2. The Hall–Kier alpha value is -3.06. The van der Waals surface area contributed by atoms with E-state index in [0.717, 1.165) is 17.0 Å². The molecule has 1 aromatic heterocycles. The Morgan fingerprint density at radius 2 is 1.57 bits per heavy atom. The third kappa shape index (κ3) is 3.73. The van der Waals surface area contributed by atoms with Gasteiger partial charge in [-0.3, -0.25) is 4.79 Å². The predicted molar refractivity (Wildman–Crippen MR) is 118 cm³/mol. The molecule has 0 spiro atoms. The molecular formula is C23H24N2O4S. The highest BCUT2D eigenvalue weighted by molar-refractivity contribution is 7.99. The number of hydrogen-bond donors (Lipinski definition) is 0. The fraction of sp³-hybridized carbons (Fsp3) is 0.261. The Bertz CT molecular complexity index is 1020. The molecule has 3 aromatic rings. The van der Waals surface area contributed by atoms with E-state index in [1.165, 1.54) is 0 Å². The van der Waals surface area contributed by atoms with Gasteiger partial charge in [-0.1, -0.05) is 0 Å². The maximum atomic E-state index is 13.3. The molecule has 2 heterocycles. The summed E-state index contributed by atoms with van der Waals surface area (Å²) in [6, 6.07) is 15.3. The fourth-order valence-electron chi connectivity index (χ4n) is 3.63. The van der Waals surface area contributed by atoms with E-state index in [1.54, 1.807) is 33.1 Å². The Balaban J connectivity index is 1.63. The molecule has 4 rings (SSSR count). The summed E-state index contributed by atoms with van der Waals surface area (Å²) >= 11 is 1.71. The van der Waals surface area contributed by atoms with Gasteiger partial charge in [-0.2, -0.15) is 0 Å². The van der Waals surface area contributed by atoms with Gasteiger partial charge < -0.3 is 23.7 Å². The summed E-state index contributed by atoms with van der Waals surface area (Å²) < 4.78 is 18.5. The van der Waals surface area contributed by atoms with Crippen LogP contribution in [-0.2, 0) is 0 Å². The third-order valence-corrected chi connectivity index (χ3v) is 6.41. The van der Waals surface area contributed by atoms with Crippen molar-refractivity contribution in [1.82, 2.24) is 9.47 Å². The van der Waals surface area contributed by atoms with Crippen LogP contribution in [0.3, 0.4) is 0 Å². The molecule has 1 atom stereocenters. The van der Waals surface area contributed by atoms with E-state index in [0.29, 0.717) is 29.4 Å². The molecule has 1 saturated heterocycles. The summed E-state index contributed by atoms with van der Waals surface area (Å²) in [5.74, 6) is 2.74. The highest BCUT2D eigenvalue weighted by Gasteiger charge is 2.34. The van der Waals surface area contributed by atoms with Crippen molar-refractivity contribution >= 4 is 17.7 Å². The number of benzene rings is 2. The summed E-state index contributed by atoms with van der Waals surface area (Å²) in [7, 11) is 4.82. The number of carbonyl (C=O) groups excluding carboxylic acids is 1. The zero-order valence-electron chi connectivity index (χ0n) is 17.2. The number of rotatable bonds is 6. The van der Waals surface area contributed by atoms with Crippen LogP contribution in [0.5, 0.6) is 17.2 Å². The summed E-state index contributed by atoms with van der Waals surface area (Å²) in [6.07, 6.45) is 3.96. The van der Waals surface area contributed by atoms with E-state index < -0.39 is 0 Å². The molecule has 7 heteroatoms. The molecule has 156 valence electrons. The minimum absolute atomic E-state index is 0.000828. The smallest absolute Gasteiger partial charge is 0.255 e. The van der Waals surface area contributed by atoms with Crippen molar-refractivity contribution in [3.63, 3.8) is 0 Å². The van der Waals surface area contributed by atoms with Crippen LogP contribution in [0.4, 0.5) is 0 Å². The number of hydrogen-bond acceptors (Lipinski definition) is 5. The maximum absolute atomic E-state index is 13.3. The number of ether oxygens (including phenoxy) is 3. The second-order valence-electron chi connectivity index (χ2n) is 6.81. The molecule has 0 N–H and O–H groups in total. The lowest BCUT2D eigenvalue weighted by atomic mass is 10.1. The Kier molecular flexibility index (Phi) is 5.90. The zero-order chi connectivity index (χ0) is 21.1. The zero-order valence-corrected chi connectivity index (χ0v) is 18.0. The van der Waals surface area contributed by atoms with E-state index in [2.05, 4.69) is 0 Å². The number of thioether (sulfide) groups is 1. The molecule has 1 unspecified atom stereocenters. The van der Waals surface area contributed by atoms with E-state index in [9.17, 15) is 4.79 Å². The number of amides is 1. The van der Waals surface area contributed by atoms with Crippen molar-refractivity contribution in [2.75, 3.05) is 33.6 Å². The van der Waals surface area contributed by atoms with Gasteiger partial charge in [0.1, 0.15) is 11.1 Å². The lowest BCUT2D eigenvalue weighted by Gasteiger charge is -2.26. The van der Waals surface area contributed by atoms with E-state index in [1.807, 2.05) is 70.4 Å². The average Bonchev–Trinajstić information content (AvgIpc) is 3.50. The monoisotopic (exact) mass is 424 g/mol. The Labute approximate surface area is 180 Å². The molecule has 1 fully saturated rings. The van der Waals surface area contributed by atoms with Gasteiger partial charge in [0.2, 0.25) is 0 Å². The highest BCUT2D eigenvalue weighted by atomic mass is 32.2. The van der Waals surface area contributed by atoms with Gasteiger partial charge in [0, 0.05) is 47.6 Å². The van der Waals surface area contributed by atoms with Gasteiger partial charge in [0.05, 0.1) is 21.3 Å². The van der Waals surface area contributed by atoms with Crippen LogP contribution < -0.4 is 14.2 Å². The summed E-state index contributed by atoms with van der Waals surface area (Å²) in [5.41, 5.74) is 2.58. The summed E-state index contributed by atoms with van der Waals surface area (Å²) in [6.45, 7) is 0.672. The molecule has 0 saturated carbocycles. The maximum Gasteiger partial charge on any atom is 0.255 e. The van der Waals surface area contributed by atoms with Crippen LogP contribution in [-0.4, -0.2) is 49.0 Å². The number of carbonyl (C=O) groups is 1. The van der Waals surface area contributed by atoms with Crippen LogP contribution in [0.1, 0.15) is 21.3 Å². The molecule has 1 aliphatic heterocycles. The number of aromatic nitrogens is 1. The van der Waals surface area contributed by atoms with Gasteiger partial charge in [-0.05, 0) is 42.5 Å². The minimum Gasteiger partial charge on any atom is -0.496 e. The van der Waals surface area contributed by atoms with Gasteiger partial charge in [-0.25, -0.2) is 0 Å². The minimum atomic E-state index is -0.156. The highest BCUT2D eigenvalue weighted by Crippen LogP contribution is 2.46. The van der Waals surface area contributed by atoms with Crippen molar-refractivity contribution in [1.29, 1.82) is 0 Å². The molecule has 6 nitrogen and oxygen atoms in total. The second-order valence-corrected chi connectivity index (χ2v) is 8.00. The first-order valence-electron chi connectivity index (χ1n) is 9.62. The molecule has 1 aliphatic rings. The molecule has 0 aliphatic carbocycles. The molecule has 0 bridgehead atoms. The predicted octanol–water partition coefficient (Wildman–Crippen LogP) is 4.39. The lowest BCUT2D eigenvalue weighted by molar-refractivity contribution is 0.0759. The molecule has 1 amide bonds. The van der Waals surface area contributed by atoms with Gasteiger partial charge in [0.15, 0.2) is 11.5 Å². The van der Waals surface area contributed by atoms with Gasteiger partial charge in [-0.15, -0.1) is 11.8 Å². The number of methoxy groups -OCH3 is 3. The van der Waals surface area contributed by atoms with E-state index >= 15 is 0 Å². The Morgan fingerprint density at radius 3 is 2.20 bits per heavy atom. The third-order valence-electron chi connectivity index (χ3n) is 5.17. The quantitative estimate of drug-likeness (QED) is 0.587. The largest absolute Gasteiger partial charge is 0.496 e. The standard InChI is InChI=1S/C23H24N2O4S/c1-27-19-15-21(29-3)20(28-2)14-18(19)23-25(12-13-30-23)22(26)16-6-8-17(9-7-16)24-10-4-5-11-24/h4-11,14-15,23H,12-13H2,1-3H3. The first kappa shape index (κ1) is 20.2. The second kappa shape index (κ2) is 8.75. The Morgan fingerprint density at radius 1 is 0.933 bits per heavy atom. The van der Waals surface area contributed by atoms with Crippen molar-refractivity contribution in [2.24, 2.45) is 0 Å². The fourth-order valence-corrected chi connectivity index (χ4v) is 4.90. The molecule has 30 heavy (non-hydrogen) atoms. The van der Waals surface area contributed by atoms with E-state index in [-0.39, 0.29) is 11.3 Å². The van der Waals surface area contributed by atoms with E-state index in [4.69, 9.17) is 14.2 Å². The SMILES string of the molecule is COc1cc(OC)c(C2SCCN2C(=O)c2ccc(-n3cccc3)cc2)cc1OC. The summed E-state index contributed by atoms with van der Waals surface area (Å²) in [5, 5.41) is -0.156. The van der Waals surface area contributed by atoms with Crippen LogP contribution in [0.2, 0.25) is 0 Å². The average molecular weight is 425 g/mol. The van der Waals surface area contributed by atoms with Crippen LogP contribution in [0.25, 0.3) is 5.69 Å².